The van der Waals surface area contributed by atoms with Gasteiger partial charge in [0.1, 0.15) is 0 Å². The zero-order valence-corrected chi connectivity index (χ0v) is 9.69. The molecule has 0 spiro atoms. The predicted octanol–water partition coefficient (Wildman–Crippen LogP) is 2.35. The number of hydrogen-bond acceptors (Lipinski definition) is 4. The smallest absolute Gasteiger partial charge is 0.274 e. The van der Waals surface area contributed by atoms with Crippen molar-refractivity contribution in [3.8, 4) is 0 Å². The molecule has 1 aromatic carbocycles. The molecule has 0 saturated heterocycles. The summed E-state index contributed by atoms with van der Waals surface area (Å²) in [6.45, 7) is 4.29. The molecule has 0 heterocycles. The highest BCUT2D eigenvalue weighted by Crippen LogP contribution is 2.24. The molecule has 0 radical (unpaired) electrons. The standard InChI is InChI=1S/C11H16N2O3/c1-8(16-3)7-12-10-5-4-6-11(9(10)2)13(14)15/h4-6,8,12H,7H2,1-3H3. The topological polar surface area (TPSA) is 64.4 Å². The maximum atomic E-state index is 10.7. The van der Waals surface area contributed by atoms with E-state index in [1.165, 1.54) is 6.07 Å². The van der Waals surface area contributed by atoms with Gasteiger partial charge in [-0.05, 0) is 19.9 Å². The van der Waals surface area contributed by atoms with Crippen LogP contribution in [0.4, 0.5) is 11.4 Å². The van der Waals surface area contributed by atoms with Gasteiger partial charge in [-0.3, -0.25) is 10.1 Å². The second kappa shape index (κ2) is 5.46. The van der Waals surface area contributed by atoms with Crippen LogP contribution in [0.15, 0.2) is 18.2 Å². The number of rotatable bonds is 5. The molecule has 1 rings (SSSR count). The van der Waals surface area contributed by atoms with Crippen LogP contribution in [0.3, 0.4) is 0 Å². The first kappa shape index (κ1) is 12.4. The van der Waals surface area contributed by atoms with Gasteiger partial charge >= 0.3 is 0 Å². The minimum absolute atomic E-state index is 0.0682. The van der Waals surface area contributed by atoms with Gasteiger partial charge in [0, 0.05) is 31.0 Å². The van der Waals surface area contributed by atoms with Gasteiger partial charge in [-0.15, -0.1) is 0 Å². The number of anilines is 1. The second-order valence-electron chi connectivity index (χ2n) is 3.63. The van der Waals surface area contributed by atoms with E-state index in [0.29, 0.717) is 12.1 Å². The number of nitrogens with one attached hydrogen (secondary N) is 1. The number of nitro benzene ring substituents is 1. The summed E-state index contributed by atoms with van der Waals surface area (Å²) in [6, 6.07) is 5.00. The first-order valence-corrected chi connectivity index (χ1v) is 5.07. The molecule has 1 unspecified atom stereocenters. The van der Waals surface area contributed by atoms with Gasteiger partial charge in [-0.25, -0.2) is 0 Å². The predicted molar refractivity (Wildman–Crippen MR) is 62.8 cm³/mol. The normalized spacial score (nSPS) is 12.2. The number of hydrogen-bond donors (Lipinski definition) is 1. The number of benzene rings is 1. The maximum Gasteiger partial charge on any atom is 0.274 e. The zero-order chi connectivity index (χ0) is 12.1. The Labute approximate surface area is 94.6 Å². The molecule has 0 saturated carbocycles. The molecular formula is C11H16N2O3. The van der Waals surface area contributed by atoms with Crippen LogP contribution in [0.2, 0.25) is 0 Å². The molecule has 0 aromatic heterocycles. The van der Waals surface area contributed by atoms with E-state index >= 15 is 0 Å². The first-order chi connectivity index (χ1) is 7.56. The minimum Gasteiger partial charge on any atom is -0.382 e. The molecule has 16 heavy (non-hydrogen) atoms. The van der Waals surface area contributed by atoms with Crippen molar-refractivity contribution < 1.29 is 9.66 Å². The molecule has 1 N–H and O–H groups in total. The fourth-order valence-electron chi connectivity index (χ4n) is 1.35. The third-order valence-corrected chi connectivity index (χ3v) is 2.48. The highest BCUT2D eigenvalue weighted by atomic mass is 16.6. The van der Waals surface area contributed by atoms with Crippen LogP contribution >= 0.6 is 0 Å². The molecule has 0 amide bonds. The van der Waals surface area contributed by atoms with E-state index in [4.69, 9.17) is 4.74 Å². The van der Waals surface area contributed by atoms with Crippen molar-refractivity contribution in [2.75, 3.05) is 19.0 Å². The molecule has 1 aromatic rings. The minimum atomic E-state index is -0.375. The Morgan fingerprint density at radius 3 is 2.81 bits per heavy atom. The lowest BCUT2D eigenvalue weighted by Gasteiger charge is -2.13. The van der Waals surface area contributed by atoms with Crippen LogP contribution in [-0.4, -0.2) is 24.7 Å². The third kappa shape index (κ3) is 2.93. The van der Waals surface area contributed by atoms with Crippen LogP contribution in [0.1, 0.15) is 12.5 Å². The molecule has 5 heteroatoms. The zero-order valence-electron chi connectivity index (χ0n) is 9.69. The van der Waals surface area contributed by atoms with Gasteiger partial charge in [0.15, 0.2) is 0 Å². The van der Waals surface area contributed by atoms with E-state index in [2.05, 4.69) is 5.32 Å². The van der Waals surface area contributed by atoms with Crippen molar-refractivity contribution >= 4 is 11.4 Å². The summed E-state index contributed by atoms with van der Waals surface area (Å²) in [5, 5.41) is 13.9. The van der Waals surface area contributed by atoms with E-state index in [1.54, 1.807) is 20.1 Å². The summed E-state index contributed by atoms with van der Waals surface area (Å²) in [5.74, 6) is 0. The molecular weight excluding hydrogens is 208 g/mol. The second-order valence-corrected chi connectivity index (χ2v) is 3.63. The van der Waals surface area contributed by atoms with E-state index in [0.717, 1.165) is 5.69 Å². The van der Waals surface area contributed by atoms with Crippen molar-refractivity contribution in [2.45, 2.75) is 20.0 Å². The van der Waals surface area contributed by atoms with Crippen molar-refractivity contribution in [1.29, 1.82) is 0 Å². The lowest BCUT2D eigenvalue weighted by Crippen LogP contribution is -2.18. The van der Waals surface area contributed by atoms with Crippen molar-refractivity contribution in [3.05, 3.63) is 33.9 Å². The van der Waals surface area contributed by atoms with Crippen LogP contribution in [-0.2, 0) is 4.74 Å². The fraction of sp³-hybridized carbons (Fsp3) is 0.455. The molecule has 0 aliphatic rings. The van der Waals surface area contributed by atoms with Crippen LogP contribution in [0, 0.1) is 17.0 Å². The molecule has 0 bridgehead atoms. The molecule has 1 atom stereocenters. The van der Waals surface area contributed by atoms with Crippen molar-refractivity contribution in [1.82, 2.24) is 0 Å². The molecule has 88 valence electrons. The van der Waals surface area contributed by atoms with Crippen molar-refractivity contribution in [3.63, 3.8) is 0 Å². The lowest BCUT2D eigenvalue weighted by atomic mass is 10.1. The molecule has 5 nitrogen and oxygen atoms in total. The van der Waals surface area contributed by atoms with Gasteiger partial charge in [-0.2, -0.15) is 0 Å². The number of ether oxygens (including phenoxy) is 1. The highest BCUT2D eigenvalue weighted by Gasteiger charge is 2.13. The number of nitrogens with zero attached hydrogens (tertiary/aromatic N) is 1. The highest BCUT2D eigenvalue weighted by molar-refractivity contribution is 5.59. The van der Waals surface area contributed by atoms with E-state index in [9.17, 15) is 10.1 Å². The Morgan fingerprint density at radius 2 is 2.25 bits per heavy atom. The fourth-order valence-corrected chi connectivity index (χ4v) is 1.35. The van der Waals surface area contributed by atoms with Gasteiger partial charge in [0.25, 0.3) is 5.69 Å². The van der Waals surface area contributed by atoms with E-state index in [1.807, 2.05) is 13.0 Å². The van der Waals surface area contributed by atoms with Gasteiger partial charge in [0.05, 0.1) is 11.0 Å². The largest absolute Gasteiger partial charge is 0.382 e. The molecule has 0 fully saturated rings. The Morgan fingerprint density at radius 1 is 1.56 bits per heavy atom. The average molecular weight is 224 g/mol. The number of nitro groups is 1. The summed E-state index contributed by atoms with van der Waals surface area (Å²) >= 11 is 0. The Hall–Kier alpha value is -1.62. The molecule has 0 aliphatic heterocycles. The summed E-state index contributed by atoms with van der Waals surface area (Å²) < 4.78 is 5.09. The van der Waals surface area contributed by atoms with Gasteiger partial charge in [-0.1, -0.05) is 6.07 Å². The quantitative estimate of drug-likeness (QED) is 0.616. The van der Waals surface area contributed by atoms with E-state index in [-0.39, 0.29) is 16.7 Å². The number of methoxy groups -OCH3 is 1. The van der Waals surface area contributed by atoms with E-state index < -0.39 is 0 Å². The SMILES string of the molecule is COC(C)CNc1cccc([N+](=O)[O-])c1C. The van der Waals surface area contributed by atoms with Crippen LogP contribution in [0.25, 0.3) is 0 Å². The average Bonchev–Trinajstić information content (AvgIpc) is 2.26. The maximum absolute atomic E-state index is 10.7. The Balaban J connectivity index is 2.81. The summed E-state index contributed by atoms with van der Waals surface area (Å²) in [5.41, 5.74) is 1.56. The summed E-state index contributed by atoms with van der Waals surface area (Å²) in [6.07, 6.45) is 0.0682. The summed E-state index contributed by atoms with van der Waals surface area (Å²) in [4.78, 5) is 10.3. The Bertz CT molecular complexity index is 379. The summed E-state index contributed by atoms with van der Waals surface area (Å²) in [7, 11) is 1.63. The van der Waals surface area contributed by atoms with Crippen molar-refractivity contribution in [2.24, 2.45) is 0 Å². The first-order valence-electron chi connectivity index (χ1n) is 5.07. The third-order valence-electron chi connectivity index (χ3n) is 2.48. The molecule has 0 aliphatic carbocycles. The van der Waals surface area contributed by atoms with Crippen LogP contribution < -0.4 is 5.32 Å². The lowest BCUT2D eigenvalue weighted by molar-refractivity contribution is -0.385. The Kier molecular flexibility index (Phi) is 4.25. The monoisotopic (exact) mass is 224 g/mol. The van der Waals surface area contributed by atoms with Gasteiger partial charge in [0.2, 0.25) is 0 Å². The van der Waals surface area contributed by atoms with Crippen LogP contribution in [0.5, 0.6) is 0 Å². The van der Waals surface area contributed by atoms with Gasteiger partial charge < -0.3 is 10.1 Å².